The summed E-state index contributed by atoms with van der Waals surface area (Å²) in [4.78, 5) is 7.21. The van der Waals surface area contributed by atoms with E-state index >= 15 is 0 Å². The Morgan fingerprint density at radius 3 is 2.73 bits per heavy atom. The van der Waals surface area contributed by atoms with Crippen molar-refractivity contribution in [3.05, 3.63) is 53.3 Å². The van der Waals surface area contributed by atoms with Gasteiger partial charge in [-0.05, 0) is 32.0 Å². The van der Waals surface area contributed by atoms with Crippen molar-refractivity contribution in [3.8, 4) is 5.75 Å². The lowest BCUT2D eigenvalue weighted by molar-refractivity contribution is 0.166. The van der Waals surface area contributed by atoms with Crippen LogP contribution in [0.2, 0.25) is 0 Å². The molecule has 134 valence electrons. The number of ether oxygens (including phenoxy) is 1. The van der Waals surface area contributed by atoms with E-state index in [1.165, 1.54) is 22.6 Å². The van der Waals surface area contributed by atoms with Crippen LogP contribution in [0.15, 0.2) is 36.5 Å². The van der Waals surface area contributed by atoms with Crippen LogP contribution in [0.1, 0.15) is 16.8 Å². The molecule has 4 heterocycles. The molecule has 26 heavy (non-hydrogen) atoms. The molecule has 2 aromatic heterocycles. The van der Waals surface area contributed by atoms with Gasteiger partial charge in [-0.25, -0.2) is 4.98 Å². The molecule has 0 aliphatic carbocycles. The van der Waals surface area contributed by atoms with Gasteiger partial charge in [0.2, 0.25) is 0 Å². The Kier molecular flexibility index (Phi) is 3.78. The van der Waals surface area contributed by atoms with E-state index in [1.807, 2.05) is 28.9 Å². The molecule has 5 rings (SSSR count). The number of rotatable bonds is 3. The Morgan fingerprint density at radius 1 is 1.08 bits per heavy atom. The van der Waals surface area contributed by atoms with Crippen LogP contribution in [-0.4, -0.2) is 46.9 Å². The molecule has 0 atom stereocenters. The first-order valence-electron chi connectivity index (χ1n) is 9.32. The zero-order chi connectivity index (χ0) is 17.5. The summed E-state index contributed by atoms with van der Waals surface area (Å²) in [5.74, 6) is 2.14. The molecule has 3 aromatic rings. The maximum Gasteiger partial charge on any atom is 0.157 e. The van der Waals surface area contributed by atoms with Crippen molar-refractivity contribution in [2.24, 2.45) is 0 Å². The molecule has 0 radical (unpaired) electrons. The van der Waals surface area contributed by atoms with Crippen molar-refractivity contribution >= 4 is 11.5 Å². The first-order chi connectivity index (χ1) is 12.8. The van der Waals surface area contributed by atoms with E-state index in [9.17, 15) is 0 Å². The number of aryl methyl sites for hydroxylation is 1. The summed E-state index contributed by atoms with van der Waals surface area (Å²) in [7, 11) is 0. The Morgan fingerprint density at radius 2 is 1.88 bits per heavy atom. The molecule has 2 aliphatic rings. The molecule has 6 heteroatoms. The van der Waals surface area contributed by atoms with Crippen molar-refractivity contribution in [3.63, 3.8) is 0 Å². The first kappa shape index (κ1) is 15.6. The molecular weight excluding hydrogens is 326 g/mol. The average molecular weight is 349 g/mol. The van der Waals surface area contributed by atoms with Gasteiger partial charge in [0.15, 0.2) is 5.65 Å². The van der Waals surface area contributed by atoms with Gasteiger partial charge in [-0.2, -0.15) is 9.61 Å². The Labute approximate surface area is 152 Å². The van der Waals surface area contributed by atoms with Crippen LogP contribution >= 0.6 is 0 Å². The zero-order valence-corrected chi connectivity index (χ0v) is 15.0. The molecule has 6 nitrogen and oxygen atoms in total. The van der Waals surface area contributed by atoms with Crippen LogP contribution in [-0.2, 0) is 12.8 Å². The molecule has 1 fully saturated rings. The third kappa shape index (κ3) is 2.70. The van der Waals surface area contributed by atoms with Gasteiger partial charge in [-0.15, -0.1) is 0 Å². The monoisotopic (exact) mass is 349 g/mol. The molecule has 0 unspecified atom stereocenters. The summed E-state index contributed by atoms with van der Waals surface area (Å²) < 4.78 is 8.11. The summed E-state index contributed by atoms with van der Waals surface area (Å²) >= 11 is 0. The Bertz CT molecular complexity index is 927. The second-order valence-electron chi connectivity index (χ2n) is 7.17. The number of aromatic nitrogens is 3. The average Bonchev–Trinajstić information content (AvgIpc) is 2.95. The Hall–Kier alpha value is -2.60. The van der Waals surface area contributed by atoms with Crippen LogP contribution in [0, 0.1) is 6.92 Å². The standard InChI is InChI=1S/C20H23N5O/c1-14-2-4-15(5-3-14)26-16-12-24(13-16)20-17-6-9-21-10-7-18(17)23-19-8-11-22-25(19)20/h2-5,8,11,16,21H,6-7,9-10,12-13H2,1H3. The minimum Gasteiger partial charge on any atom is -0.487 e. The molecule has 1 saturated heterocycles. The molecule has 0 saturated carbocycles. The first-order valence-corrected chi connectivity index (χ1v) is 9.32. The third-order valence-corrected chi connectivity index (χ3v) is 5.25. The number of nitrogens with zero attached hydrogens (tertiary/aromatic N) is 4. The summed E-state index contributed by atoms with van der Waals surface area (Å²) in [6.45, 7) is 5.84. The summed E-state index contributed by atoms with van der Waals surface area (Å²) in [5, 5.41) is 8.01. The smallest absolute Gasteiger partial charge is 0.157 e. The van der Waals surface area contributed by atoms with E-state index in [-0.39, 0.29) is 6.10 Å². The second kappa shape index (κ2) is 6.29. The highest BCUT2D eigenvalue weighted by atomic mass is 16.5. The molecule has 0 bridgehead atoms. The molecule has 1 aromatic carbocycles. The number of fused-ring (bicyclic) bond motifs is 2. The molecule has 0 amide bonds. The number of hydrogen-bond donors (Lipinski definition) is 1. The van der Waals surface area contributed by atoms with Crippen LogP contribution in [0.4, 0.5) is 5.82 Å². The molecule has 0 spiro atoms. The number of anilines is 1. The fourth-order valence-electron chi connectivity index (χ4n) is 3.83. The van der Waals surface area contributed by atoms with E-state index in [0.29, 0.717) is 0 Å². The van der Waals surface area contributed by atoms with Crippen molar-refractivity contribution < 1.29 is 4.74 Å². The molecule has 1 N–H and O–H groups in total. The van der Waals surface area contributed by atoms with Gasteiger partial charge in [0.05, 0.1) is 25.0 Å². The van der Waals surface area contributed by atoms with Gasteiger partial charge in [0.1, 0.15) is 17.7 Å². The predicted molar refractivity (Wildman–Crippen MR) is 101 cm³/mol. The van der Waals surface area contributed by atoms with Crippen LogP contribution in [0.5, 0.6) is 5.75 Å². The van der Waals surface area contributed by atoms with E-state index in [1.54, 1.807) is 0 Å². The predicted octanol–water partition coefficient (Wildman–Crippen LogP) is 1.99. The van der Waals surface area contributed by atoms with Crippen molar-refractivity contribution in [2.75, 3.05) is 31.1 Å². The van der Waals surface area contributed by atoms with Gasteiger partial charge in [0.25, 0.3) is 0 Å². The molecule has 2 aliphatic heterocycles. The summed E-state index contributed by atoms with van der Waals surface area (Å²) in [6, 6.07) is 10.3. The Balaban J connectivity index is 1.40. The zero-order valence-electron chi connectivity index (χ0n) is 15.0. The van der Waals surface area contributed by atoms with Gasteiger partial charge < -0.3 is 15.0 Å². The largest absolute Gasteiger partial charge is 0.487 e. The lowest BCUT2D eigenvalue weighted by Crippen LogP contribution is -2.55. The van der Waals surface area contributed by atoms with Crippen LogP contribution < -0.4 is 15.0 Å². The van der Waals surface area contributed by atoms with Crippen molar-refractivity contribution in [2.45, 2.75) is 25.9 Å². The number of nitrogens with one attached hydrogen (secondary N) is 1. The van der Waals surface area contributed by atoms with Gasteiger partial charge >= 0.3 is 0 Å². The SMILES string of the molecule is Cc1ccc(OC2CN(c3c4c(nc5ccnn35)CCNCC4)C2)cc1. The second-order valence-corrected chi connectivity index (χ2v) is 7.17. The highest BCUT2D eigenvalue weighted by molar-refractivity contribution is 5.59. The lowest BCUT2D eigenvalue weighted by atomic mass is 10.1. The third-order valence-electron chi connectivity index (χ3n) is 5.25. The summed E-state index contributed by atoms with van der Waals surface area (Å²) in [6.07, 6.45) is 4.02. The van der Waals surface area contributed by atoms with Crippen molar-refractivity contribution in [1.29, 1.82) is 0 Å². The minimum atomic E-state index is 0.219. The van der Waals surface area contributed by atoms with Crippen molar-refractivity contribution in [1.82, 2.24) is 19.9 Å². The van der Waals surface area contributed by atoms with Crippen LogP contribution in [0.3, 0.4) is 0 Å². The van der Waals surface area contributed by atoms with E-state index in [2.05, 4.69) is 34.4 Å². The fourth-order valence-corrected chi connectivity index (χ4v) is 3.83. The van der Waals surface area contributed by atoms with E-state index in [4.69, 9.17) is 9.72 Å². The lowest BCUT2D eigenvalue weighted by Gasteiger charge is -2.41. The quantitative estimate of drug-likeness (QED) is 0.784. The van der Waals surface area contributed by atoms with Gasteiger partial charge in [0, 0.05) is 24.6 Å². The summed E-state index contributed by atoms with van der Waals surface area (Å²) in [5.41, 5.74) is 4.73. The fraction of sp³-hybridized carbons (Fsp3) is 0.400. The minimum absolute atomic E-state index is 0.219. The highest BCUT2D eigenvalue weighted by Crippen LogP contribution is 2.30. The maximum absolute atomic E-state index is 6.12. The normalized spacial score (nSPS) is 17.7. The van der Waals surface area contributed by atoms with Gasteiger partial charge in [-0.1, -0.05) is 17.7 Å². The maximum atomic E-state index is 6.12. The highest BCUT2D eigenvalue weighted by Gasteiger charge is 2.33. The molecular formula is C20H23N5O. The number of hydrogen-bond acceptors (Lipinski definition) is 5. The topological polar surface area (TPSA) is 54.7 Å². The number of benzene rings is 1. The van der Waals surface area contributed by atoms with E-state index in [0.717, 1.165) is 50.4 Å². The van der Waals surface area contributed by atoms with Crippen LogP contribution in [0.25, 0.3) is 5.65 Å². The van der Waals surface area contributed by atoms with E-state index < -0.39 is 0 Å². The van der Waals surface area contributed by atoms with Gasteiger partial charge in [-0.3, -0.25) is 0 Å².